The van der Waals surface area contributed by atoms with Crippen LogP contribution in [0.4, 0.5) is 4.79 Å². The molecule has 42 heavy (non-hydrogen) atoms. The van der Waals surface area contributed by atoms with E-state index in [1.165, 1.54) is 6.26 Å². The number of amides is 2. The number of Topliss-reactive ketones (excluding diaryl/α,β-unsaturated/α-hetero) is 1. The second kappa shape index (κ2) is 15.3. The van der Waals surface area contributed by atoms with E-state index in [1.54, 1.807) is 32.9 Å². The molecule has 0 spiro atoms. The predicted molar refractivity (Wildman–Crippen MR) is 161 cm³/mol. The maximum absolute atomic E-state index is 13.9. The minimum Gasteiger partial charge on any atom is -0.461 e. The van der Waals surface area contributed by atoms with Crippen LogP contribution in [0.1, 0.15) is 62.7 Å². The van der Waals surface area contributed by atoms with Crippen molar-refractivity contribution in [1.29, 1.82) is 0 Å². The van der Waals surface area contributed by atoms with Crippen LogP contribution < -0.4 is 16.0 Å². The molecule has 2 amide bonds. The first-order valence-electron chi connectivity index (χ1n) is 14.4. The van der Waals surface area contributed by atoms with E-state index in [0.717, 1.165) is 11.1 Å². The number of carbonyl (C=O) groups excluding carboxylic acids is 3. The zero-order valence-electron chi connectivity index (χ0n) is 25.0. The number of aliphatic hydroxyl groups is 1. The van der Waals surface area contributed by atoms with Crippen LogP contribution >= 0.6 is 0 Å². The van der Waals surface area contributed by atoms with Crippen molar-refractivity contribution in [2.45, 2.75) is 83.8 Å². The Morgan fingerprint density at radius 3 is 2.05 bits per heavy atom. The Labute approximate surface area is 248 Å². The van der Waals surface area contributed by atoms with Crippen LogP contribution in [0.2, 0.25) is 0 Å². The van der Waals surface area contributed by atoms with E-state index in [9.17, 15) is 19.5 Å². The van der Waals surface area contributed by atoms with Gasteiger partial charge in [-0.3, -0.25) is 14.9 Å². The fourth-order valence-corrected chi connectivity index (χ4v) is 4.53. The normalized spacial score (nSPS) is 15.1. The van der Waals surface area contributed by atoms with E-state index < -0.39 is 41.8 Å². The second-order valence-electron chi connectivity index (χ2n) is 11.5. The van der Waals surface area contributed by atoms with Crippen molar-refractivity contribution in [3.05, 3.63) is 95.9 Å². The molecule has 0 aliphatic rings. The number of aliphatic hydroxyl groups excluding tert-OH is 1. The molecule has 0 radical (unpaired) electrons. The Kier molecular flexibility index (Phi) is 11.9. The fraction of sp³-hybridized carbons (Fsp3) is 0.424. The zero-order chi connectivity index (χ0) is 30.7. The number of hydrogen-bond donors (Lipinski definition) is 4. The number of nitrogens with one attached hydrogen (secondary N) is 3. The number of benzene rings is 2. The summed E-state index contributed by atoms with van der Waals surface area (Å²) >= 11 is 0. The highest BCUT2D eigenvalue weighted by Crippen LogP contribution is 2.17. The first-order chi connectivity index (χ1) is 20.0. The molecular formula is C33H43N3O6. The number of ketones is 1. The van der Waals surface area contributed by atoms with Crippen molar-refractivity contribution in [2.24, 2.45) is 5.92 Å². The van der Waals surface area contributed by atoms with Gasteiger partial charge in [0.25, 0.3) is 0 Å². The summed E-state index contributed by atoms with van der Waals surface area (Å²) < 4.78 is 10.8. The van der Waals surface area contributed by atoms with Crippen LogP contribution in [-0.4, -0.2) is 52.7 Å². The van der Waals surface area contributed by atoms with Gasteiger partial charge in [-0.25, -0.2) is 4.79 Å². The molecule has 0 bridgehead atoms. The minimum atomic E-state index is -1.39. The number of hydrogen-bond acceptors (Lipinski definition) is 7. The van der Waals surface area contributed by atoms with E-state index in [1.807, 2.05) is 74.5 Å². The lowest BCUT2D eigenvalue weighted by Gasteiger charge is -2.33. The lowest BCUT2D eigenvalue weighted by molar-refractivity contribution is -0.127. The van der Waals surface area contributed by atoms with E-state index in [0.29, 0.717) is 6.42 Å². The molecule has 0 fully saturated rings. The highest BCUT2D eigenvalue weighted by Gasteiger charge is 2.37. The van der Waals surface area contributed by atoms with E-state index in [-0.39, 0.29) is 30.4 Å². The van der Waals surface area contributed by atoms with Crippen LogP contribution in [0.3, 0.4) is 0 Å². The average Bonchev–Trinajstić information content (AvgIpc) is 3.50. The first kappa shape index (κ1) is 32.6. The van der Waals surface area contributed by atoms with Crippen LogP contribution in [-0.2, 0) is 22.5 Å². The van der Waals surface area contributed by atoms with Crippen molar-refractivity contribution in [3.63, 3.8) is 0 Å². The van der Waals surface area contributed by atoms with E-state index >= 15 is 0 Å². The largest absolute Gasteiger partial charge is 0.461 e. The predicted octanol–water partition coefficient (Wildman–Crippen LogP) is 4.65. The molecular weight excluding hydrogens is 534 g/mol. The molecule has 4 N–H and O–H groups in total. The molecule has 9 nitrogen and oxygen atoms in total. The van der Waals surface area contributed by atoms with Crippen molar-refractivity contribution < 1.29 is 28.6 Å². The highest BCUT2D eigenvalue weighted by molar-refractivity contribution is 6.00. The number of carbonyl (C=O) groups is 3. The van der Waals surface area contributed by atoms with Gasteiger partial charge in [0.2, 0.25) is 11.7 Å². The summed E-state index contributed by atoms with van der Waals surface area (Å²) in [4.78, 5) is 40.1. The maximum Gasteiger partial charge on any atom is 0.407 e. The Bertz CT molecular complexity index is 1260. The number of furan rings is 1. The summed E-state index contributed by atoms with van der Waals surface area (Å²) in [6, 6.07) is 19.0. The summed E-state index contributed by atoms with van der Waals surface area (Å²) in [5, 5.41) is 20.6. The number of alkyl carbamates (subject to hydrolysis) is 1. The summed E-state index contributed by atoms with van der Waals surface area (Å²) in [7, 11) is 0. The lowest BCUT2D eigenvalue weighted by atomic mass is 9.92. The molecule has 0 aliphatic carbocycles. The maximum atomic E-state index is 13.9. The molecule has 0 saturated heterocycles. The van der Waals surface area contributed by atoms with Gasteiger partial charge in [-0.2, -0.15) is 0 Å². The van der Waals surface area contributed by atoms with Crippen molar-refractivity contribution in [1.82, 2.24) is 16.0 Å². The van der Waals surface area contributed by atoms with Crippen molar-refractivity contribution >= 4 is 17.8 Å². The smallest absolute Gasteiger partial charge is 0.407 e. The van der Waals surface area contributed by atoms with Crippen molar-refractivity contribution in [3.8, 4) is 0 Å². The Morgan fingerprint density at radius 1 is 0.881 bits per heavy atom. The van der Waals surface area contributed by atoms with Gasteiger partial charge in [0.15, 0.2) is 5.76 Å². The lowest BCUT2D eigenvalue weighted by Crippen LogP contribution is -2.61. The molecule has 9 heteroatoms. The van der Waals surface area contributed by atoms with Gasteiger partial charge >= 0.3 is 6.09 Å². The quantitative estimate of drug-likeness (QED) is 0.205. The molecule has 0 saturated carbocycles. The average molecular weight is 578 g/mol. The van der Waals surface area contributed by atoms with E-state index in [2.05, 4.69) is 16.0 Å². The fourth-order valence-electron chi connectivity index (χ4n) is 4.53. The summed E-state index contributed by atoms with van der Waals surface area (Å²) in [6.07, 6.45) is 0.164. The summed E-state index contributed by atoms with van der Waals surface area (Å²) in [5.74, 6) is -0.999. The zero-order valence-corrected chi connectivity index (χ0v) is 25.0. The molecule has 0 unspecified atom stereocenters. The molecule has 226 valence electrons. The molecule has 5 atom stereocenters. The van der Waals surface area contributed by atoms with Gasteiger partial charge in [0.1, 0.15) is 11.6 Å². The third-order valence-electron chi connectivity index (χ3n) is 6.96. The molecule has 3 aromatic rings. The number of ether oxygens (including phenoxy) is 1. The molecule has 3 rings (SSSR count). The minimum absolute atomic E-state index is 0.142. The SMILES string of the molecule is CC[C@@H](C)[C@H](NC(=O)[C@H](NCc1ccccc1)[C@H](O)[C@H](Cc1ccccc1)NC(=O)OC(C)(C)C)C(=O)c1ccco1. The standard InChI is InChI=1S/C33H43N3O6/c1-6-22(2)27(30(38)26-18-13-19-41-26)36-31(39)28(34-21-24-16-11-8-12-17-24)29(37)25(20-23-14-9-7-10-15-23)35-32(40)42-33(3,4)5/h7-19,22,25,27-29,34,37H,6,20-21H2,1-5H3,(H,35,40)(H,36,39)/t22-,25+,27+,28-,29-/m1/s1. The molecule has 2 aromatic carbocycles. The number of rotatable bonds is 14. The molecule has 1 aromatic heterocycles. The van der Waals surface area contributed by atoms with Crippen molar-refractivity contribution in [2.75, 3.05) is 0 Å². The molecule has 1 heterocycles. The van der Waals surface area contributed by atoms with Crippen LogP contribution in [0.5, 0.6) is 0 Å². The Morgan fingerprint density at radius 2 is 1.50 bits per heavy atom. The molecule has 0 aliphatic heterocycles. The first-order valence-corrected chi connectivity index (χ1v) is 14.4. The second-order valence-corrected chi connectivity index (χ2v) is 11.5. The monoisotopic (exact) mass is 577 g/mol. The topological polar surface area (TPSA) is 130 Å². The van der Waals surface area contributed by atoms with Gasteiger partial charge in [0.05, 0.1) is 24.5 Å². The van der Waals surface area contributed by atoms with Gasteiger partial charge in [-0.15, -0.1) is 0 Å². The Balaban J connectivity index is 1.92. The van der Waals surface area contributed by atoms with Gasteiger partial charge in [-0.05, 0) is 56.4 Å². The summed E-state index contributed by atoms with van der Waals surface area (Å²) in [6.45, 7) is 9.31. The van der Waals surface area contributed by atoms with Crippen LogP contribution in [0.15, 0.2) is 83.5 Å². The van der Waals surface area contributed by atoms with Gasteiger partial charge in [-0.1, -0.05) is 80.9 Å². The third kappa shape index (κ3) is 9.85. The van der Waals surface area contributed by atoms with Gasteiger partial charge in [0, 0.05) is 6.54 Å². The van der Waals surface area contributed by atoms with E-state index in [4.69, 9.17) is 9.15 Å². The Hall–Kier alpha value is -3.95. The van der Waals surface area contributed by atoms with Crippen LogP contribution in [0, 0.1) is 5.92 Å². The summed E-state index contributed by atoms with van der Waals surface area (Å²) in [5.41, 5.74) is 0.988. The third-order valence-corrected chi connectivity index (χ3v) is 6.96. The highest BCUT2D eigenvalue weighted by atomic mass is 16.6. The van der Waals surface area contributed by atoms with Gasteiger partial charge < -0.3 is 24.9 Å². The van der Waals surface area contributed by atoms with Crippen LogP contribution in [0.25, 0.3) is 0 Å².